The van der Waals surface area contributed by atoms with Gasteiger partial charge < -0.3 is 9.84 Å². The SMILES string of the molecule is CCCNCc1cn(Cc2noc(CC)n2)nn1. The Labute approximate surface area is 106 Å². The molecule has 0 saturated carbocycles. The summed E-state index contributed by atoms with van der Waals surface area (Å²) in [6.07, 6.45) is 3.75. The number of aromatic nitrogens is 5. The number of aryl methyl sites for hydroxylation is 1. The van der Waals surface area contributed by atoms with Crippen LogP contribution in [0.1, 0.15) is 37.7 Å². The van der Waals surface area contributed by atoms with Crippen LogP contribution in [0.3, 0.4) is 0 Å². The molecule has 2 aromatic heterocycles. The first-order chi connectivity index (χ1) is 8.81. The summed E-state index contributed by atoms with van der Waals surface area (Å²) >= 11 is 0. The molecule has 0 aliphatic rings. The van der Waals surface area contributed by atoms with Gasteiger partial charge in [0.2, 0.25) is 5.89 Å². The van der Waals surface area contributed by atoms with Crippen LogP contribution in [0, 0.1) is 0 Å². The lowest BCUT2D eigenvalue weighted by Crippen LogP contribution is -2.13. The van der Waals surface area contributed by atoms with Crippen molar-refractivity contribution in [3.63, 3.8) is 0 Å². The number of nitrogens with one attached hydrogen (secondary N) is 1. The molecule has 2 heterocycles. The minimum absolute atomic E-state index is 0.490. The molecule has 0 aromatic carbocycles. The summed E-state index contributed by atoms with van der Waals surface area (Å²) in [6.45, 7) is 6.32. The van der Waals surface area contributed by atoms with E-state index in [1.54, 1.807) is 4.68 Å². The lowest BCUT2D eigenvalue weighted by molar-refractivity contribution is 0.374. The number of hydrogen-bond acceptors (Lipinski definition) is 6. The Bertz CT molecular complexity index is 477. The van der Waals surface area contributed by atoms with Crippen LogP contribution in [0.25, 0.3) is 0 Å². The lowest BCUT2D eigenvalue weighted by atomic mass is 10.4. The summed E-state index contributed by atoms with van der Waals surface area (Å²) in [5, 5.41) is 15.3. The molecule has 0 spiro atoms. The standard InChI is InChI=1S/C11H18N6O/c1-3-5-12-6-9-7-17(16-14-9)8-10-13-11(4-2)18-15-10/h7,12H,3-6,8H2,1-2H3. The van der Waals surface area contributed by atoms with E-state index in [1.165, 1.54) is 0 Å². The second-order valence-corrected chi connectivity index (χ2v) is 4.04. The predicted molar refractivity (Wildman–Crippen MR) is 64.8 cm³/mol. The lowest BCUT2D eigenvalue weighted by Gasteiger charge is -1.97. The largest absolute Gasteiger partial charge is 0.339 e. The van der Waals surface area contributed by atoms with Crippen molar-refractivity contribution in [3.8, 4) is 0 Å². The molecule has 1 N–H and O–H groups in total. The van der Waals surface area contributed by atoms with Crippen molar-refractivity contribution in [2.24, 2.45) is 0 Å². The van der Waals surface area contributed by atoms with Gasteiger partial charge in [-0.05, 0) is 13.0 Å². The third-order valence-corrected chi connectivity index (χ3v) is 2.44. The highest BCUT2D eigenvalue weighted by molar-refractivity contribution is 4.94. The molecule has 7 nitrogen and oxygen atoms in total. The smallest absolute Gasteiger partial charge is 0.226 e. The van der Waals surface area contributed by atoms with Gasteiger partial charge in [-0.2, -0.15) is 4.98 Å². The van der Waals surface area contributed by atoms with Gasteiger partial charge in [-0.25, -0.2) is 4.68 Å². The van der Waals surface area contributed by atoms with Gasteiger partial charge in [0.05, 0.1) is 11.9 Å². The molecule has 0 unspecified atom stereocenters. The normalized spacial score (nSPS) is 11.0. The van der Waals surface area contributed by atoms with Crippen LogP contribution in [-0.4, -0.2) is 31.7 Å². The van der Waals surface area contributed by atoms with Crippen LogP contribution in [0.4, 0.5) is 0 Å². The minimum Gasteiger partial charge on any atom is -0.339 e. The molecule has 0 fully saturated rings. The van der Waals surface area contributed by atoms with Gasteiger partial charge in [-0.3, -0.25) is 0 Å². The van der Waals surface area contributed by atoms with Crippen LogP contribution in [-0.2, 0) is 19.5 Å². The van der Waals surface area contributed by atoms with E-state index in [4.69, 9.17) is 4.52 Å². The van der Waals surface area contributed by atoms with Crippen molar-refractivity contribution in [2.75, 3.05) is 6.54 Å². The third kappa shape index (κ3) is 3.36. The van der Waals surface area contributed by atoms with Crippen LogP contribution in [0.15, 0.2) is 10.7 Å². The number of nitrogens with zero attached hydrogens (tertiary/aromatic N) is 5. The molecule has 0 radical (unpaired) electrons. The van der Waals surface area contributed by atoms with E-state index in [2.05, 4.69) is 32.7 Å². The highest BCUT2D eigenvalue weighted by Crippen LogP contribution is 2.01. The van der Waals surface area contributed by atoms with Crippen molar-refractivity contribution in [2.45, 2.75) is 39.8 Å². The molecule has 0 aliphatic heterocycles. The van der Waals surface area contributed by atoms with Gasteiger partial charge in [-0.15, -0.1) is 5.10 Å². The summed E-state index contributed by atoms with van der Waals surface area (Å²) in [5.41, 5.74) is 0.919. The van der Waals surface area contributed by atoms with E-state index in [9.17, 15) is 0 Å². The zero-order valence-electron chi connectivity index (χ0n) is 10.8. The highest BCUT2D eigenvalue weighted by atomic mass is 16.5. The summed E-state index contributed by atoms with van der Waals surface area (Å²) in [7, 11) is 0. The maximum absolute atomic E-state index is 5.04. The minimum atomic E-state index is 0.490. The van der Waals surface area contributed by atoms with Crippen molar-refractivity contribution < 1.29 is 4.52 Å². The van der Waals surface area contributed by atoms with E-state index >= 15 is 0 Å². The van der Waals surface area contributed by atoms with Gasteiger partial charge in [0.1, 0.15) is 6.54 Å². The van der Waals surface area contributed by atoms with Gasteiger partial charge >= 0.3 is 0 Å². The molecule has 2 aromatic rings. The van der Waals surface area contributed by atoms with Crippen LogP contribution < -0.4 is 5.32 Å². The molecule has 0 saturated heterocycles. The summed E-state index contributed by atoms with van der Waals surface area (Å²) in [5.74, 6) is 1.28. The first-order valence-corrected chi connectivity index (χ1v) is 6.23. The molecule has 2 rings (SSSR count). The summed E-state index contributed by atoms with van der Waals surface area (Å²) in [6, 6.07) is 0. The van der Waals surface area contributed by atoms with Crippen molar-refractivity contribution in [1.82, 2.24) is 30.5 Å². The zero-order valence-corrected chi connectivity index (χ0v) is 10.8. The monoisotopic (exact) mass is 250 g/mol. The Balaban J connectivity index is 1.89. The Morgan fingerprint density at radius 3 is 3.00 bits per heavy atom. The first kappa shape index (κ1) is 12.7. The molecule has 0 bridgehead atoms. The topological polar surface area (TPSA) is 81.7 Å². The Kier molecular flexibility index (Phi) is 4.40. The van der Waals surface area contributed by atoms with E-state index < -0.39 is 0 Å². The van der Waals surface area contributed by atoms with E-state index in [-0.39, 0.29) is 0 Å². The zero-order chi connectivity index (χ0) is 12.8. The quantitative estimate of drug-likeness (QED) is 0.731. The van der Waals surface area contributed by atoms with Crippen LogP contribution >= 0.6 is 0 Å². The molecular weight excluding hydrogens is 232 g/mol. The van der Waals surface area contributed by atoms with Crippen LogP contribution in [0.2, 0.25) is 0 Å². The van der Waals surface area contributed by atoms with Crippen molar-refractivity contribution in [3.05, 3.63) is 23.6 Å². The average Bonchev–Trinajstić information content (AvgIpc) is 3.00. The fourth-order valence-corrected chi connectivity index (χ4v) is 1.53. The number of rotatable bonds is 7. The molecule has 98 valence electrons. The van der Waals surface area contributed by atoms with E-state index in [0.29, 0.717) is 18.3 Å². The van der Waals surface area contributed by atoms with Gasteiger partial charge in [0, 0.05) is 13.0 Å². The maximum Gasteiger partial charge on any atom is 0.226 e. The van der Waals surface area contributed by atoms with Crippen molar-refractivity contribution in [1.29, 1.82) is 0 Å². The molecular formula is C11H18N6O. The maximum atomic E-state index is 5.04. The second kappa shape index (κ2) is 6.25. The molecule has 0 aliphatic carbocycles. The van der Waals surface area contributed by atoms with Gasteiger partial charge in [0.15, 0.2) is 5.82 Å². The van der Waals surface area contributed by atoms with E-state index in [0.717, 1.165) is 31.6 Å². The molecule has 18 heavy (non-hydrogen) atoms. The van der Waals surface area contributed by atoms with Crippen LogP contribution in [0.5, 0.6) is 0 Å². The average molecular weight is 250 g/mol. The fraction of sp³-hybridized carbons (Fsp3) is 0.636. The van der Waals surface area contributed by atoms with E-state index in [1.807, 2.05) is 13.1 Å². The summed E-state index contributed by atoms with van der Waals surface area (Å²) < 4.78 is 6.75. The Morgan fingerprint density at radius 2 is 2.28 bits per heavy atom. The Hall–Kier alpha value is -1.76. The summed E-state index contributed by atoms with van der Waals surface area (Å²) in [4.78, 5) is 4.23. The van der Waals surface area contributed by atoms with Crippen molar-refractivity contribution >= 4 is 0 Å². The highest BCUT2D eigenvalue weighted by Gasteiger charge is 2.07. The predicted octanol–water partition coefficient (Wildman–Crippen LogP) is 0.771. The Morgan fingerprint density at radius 1 is 1.39 bits per heavy atom. The van der Waals surface area contributed by atoms with Gasteiger partial charge in [-0.1, -0.05) is 24.2 Å². The molecule has 7 heteroatoms. The third-order valence-electron chi connectivity index (χ3n) is 2.44. The second-order valence-electron chi connectivity index (χ2n) is 4.04. The van der Waals surface area contributed by atoms with Gasteiger partial charge in [0.25, 0.3) is 0 Å². The molecule has 0 amide bonds. The molecule has 0 atom stereocenters. The fourth-order valence-electron chi connectivity index (χ4n) is 1.53. The first-order valence-electron chi connectivity index (χ1n) is 6.23. The number of hydrogen-bond donors (Lipinski definition) is 1.